The second kappa shape index (κ2) is 6.97. The summed E-state index contributed by atoms with van der Waals surface area (Å²) >= 11 is 5.65. The largest absolute Gasteiger partial charge is 0.376 e. The predicted octanol–water partition coefficient (Wildman–Crippen LogP) is 2.48. The quantitative estimate of drug-likeness (QED) is 0.778. The Morgan fingerprint density at radius 2 is 1.64 bits per heavy atom. The number of hydrogen-bond donors (Lipinski definition) is 1. The van der Waals surface area contributed by atoms with E-state index in [-0.39, 0.29) is 0 Å². The van der Waals surface area contributed by atoms with E-state index in [2.05, 4.69) is 15.1 Å². The van der Waals surface area contributed by atoms with Gasteiger partial charge in [0.2, 0.25) is 0 Å². The maximum absolute atomic E-state index is 5.69. The van der Waals surface area contributed by atoms with Gasteiger partial charge in [-0.05, 0) is 80.8 Å². The summed E-state index contributed by atoms with van der Waals surface area (Å²) in [5.41, 5.74) is 0. The first-order valence-corrected chi connectivity index (χ1v) is 11.1. The predicted molar refractivity (Wildman–Crippen MR) is 104 cm³/mol. The van der Waals surface area contributed by atoms with E-state index in [1.807, 2.05) is 0 Å². The summed E-state index contributed by atoms with van der Waals surface area (Å²) in [6, 6.07) is 0.892. The molecule has 4 bridgehead atoms. The Kier molecular flexibility index (Phi) is 4.67. The summed E-state index contributed by atoms with van der Waals surface area (Å²) in [6.07, 6.45) is 10.4. The fourth-order valence-electron chi connectivity index (χ4n) is 6.83. The van der Waals surface area contributed by atoms with Crippen molar-refractivity contribution in [2.45, 2.75) is 57.1 Å². The lowest BCUT2D eigenvalue weighted by atomic mass is 9.54. The molecule has 2 heterocycles. The van der Waals surface area contributed by atoms with Gasteiger partial charge in [0.05, 0.1) is 6.10 Å². The second-order valence-corrected chi connectivity index (χ2v) is 9.65. The van der Waals surface area contributed by atoms with Crippen molar-refractivity contribution >= 4 is 17.3 Å². The van der Waals surface area contributed by atoms with Crippen LogP contribution >= 0.6 is 12.2 Å². The lowest BCUT2D eigenvalue weighted by molar-refractivity contribution is -0.0727. The van der Waals surface area contributed by atoms with Crippen LogP contribution in [0.2, 0.25) is 0 Å². The van der Waals surface area contributed by atoms with Gasteiger partial charge in [-0.2, -0.15) is 0 Å². The third-order valence-corrected chi connectivity index (χ3v) is 8.11. The van der Waals surface area contributed by atoms with Crippen LogP contribution < -0.4 is 5.32 Å². The summed E-state index contributed by atoms with van der Waals surface area (Å²) in [7, 11) is 0. The Hall–Kier alpha value is -0.390. The number of rotatable bonds is 3. The van der Waals surface area contributed by atoms with Gasteiger partial charge in [0.1, 0.15) is 0 Å². The first kappa shape index (κ1) is 16.8. The lowest BCUT2D eigenvalue weighted by Gasteiger charge is -2.58. The molecule has 0 radical (unpaired) electrons. The molecule has 25 heavy (non-hydrogen) atoms. The van der Waals surface area contributed by atoms with E-state index < -0.39 is 0 Å². The monoisotopic (exact) mass is 363 g/mol. The lowest BCUT2D eigenvalue weighted by Crippen LogP contribution is -2.61. The first-order valence-electron chi connectivity index (χ1n) is 10.6. The topological polar surface area (TPSA) is 27.7 Å². The van der Waals surface area contributed by atoms with Crippen molar-refractivity contribution < 1.29 is 4.74 Å². The molecule has 140 valence electrons. The Morgan fingerprint density at radius 1 is 0.960 bits per heavy atom. The van der Waals surface area contributed by atoms with Gasteiger partial charge in [-0.1, -0.05) is 0 Å². The molecule has 4 nitrogen and oxygen atoms in total. The Morgan fingerprint density at radius 3 is 2.24 bits per heavy atom. The Labute approximate surface area is 157 Å². The number of piperazine rings is 1. The van der Waals surface area contributed by atoms with Gasteiger partial charge in [0.15, 0.2) is 5.11 Å². The van der Waals surface area contributed by atoms with Crippen molar-refractivity contribution in [2.75, 3.05) is 39.3 Å². The average molecular weight is 364 g/mol. The molecule has 6 fully saturated rings. The highest BCUT2D eigenvalue weighted by Crippen LogP contribution is 2.55. The van der Waals surface area contributed by atoms with Gasteiger partial charge < -0.3 is 15.0 Å². The van der Waals surface area contributed by atoms with Gasteiger partial charge >= 0.3 is 0 Å². The van der Waals surface area contributed by atoms with Crippen molar-refractivity contribution in [1.29, 1.82) is 0 Å². The highest BCUT2D eigenvalue weighted by molar-refractivity contribution is 7.80. The number of ether oxygens (including phenoxy) is 1. The van der Waals surface area contributed by atoms with Crippen LogP contribution in [-0.2, 0) is 4.74 Å². The van der Waals surface area contributed by atoms with Crippen LogP contribution in [0.5, 0.6) is 0 Å². The SMILES string of the molecule is S=C(NCC1CCCO1)N1CCN(C2C3CC4CC(C3)CC2C4)CC1. The molecule has 6 rings (SSSR count). The van der Waals surface area contributed by atoms with Gasteiger partial charge in [0, 0.05) is 45.4 Å². The van der Waals surface area contributed by atoms with E-state index in [1.54, 1.807) is 6.42 Å². The molecule has 0 spiro atoms. The van der Waals surface area contributed by atoms with Gasteiger partial charge in [0.25, 0.3) is 0 Å². The molecule has 1 unspecified atom stereocenters. The molecule has 5 heteroatoms. The van der Waals surface area contributed by atoms with E-state index >= 15 is 0 Å². The summed E-state index contributed by atoms with van der Waals surface area (Å²) in [6.45, 7) is 6.40. The van der Waals surface area contributed by atoms with Gasteiger partial charge in [-0.15, -0.1) is 0 Å². The van der Waals surface area contributed by atoms with Crippen molar-refractivity contribution in [3.63, 3.8) is 0 Å². The van der Waals surface area contributed by atoms with Crippen molar-refractivity contribution in [2.24, 2.45) is 23.7 Å². The standard InChI is InChI=1S/C20H33N3OS/c25-20(21-13-18-2-1-7-24-18)23-5-3-22(4-6-23)19-16-9-14-8-15(11-16)12-17(19)10-14/h14-19H,1-13H2,(H,21,25). The minimum Gasteiger partial charge on any atom is -0.376 e. The third kappa shape index (κ3) is 3.32. The molecule has 1 atom stereocenters. The van der Waals surface area contributed by atoms with Crippen molar-refractivity contribution in [1.82, 2.24) is 15.1 Å². The van der Waals surface area contributed by atoms with E-state index in [9.17, 15) is 0 Å². The van der Waals surface area contributed by atoms with E-state index in [0.717, 1.165) is 61.1 Å². The minimum absolute atomic E-state index is 0.368. The summed E-state index contributed by atoms with van der Waals surface area (Å²) in [5, 5.41) is 4.40. The van der Waals surface area contributed by atoms with Crippen LogP contribution in [0.25, 0.3) is 0 Å². The van der Waals surface area contributed by atoms with Gasteiger partial charge in [-0.25, -0.2) is 0 Å². The molecule has 1 N–H and O–H groups in total. The Bertz CT molecular complexity index is 471. The van der Waals surface area contributed by atoms with Crippen LogP contribution in [0, 0.1) is 23.7 Å². The zero-order chi connectivity index (χ0) is 16.8. The van der Waals surface area contributed by atoms with E-state index in [0.29, 0.717) is 6.10 Å². The molecular formula is C20H33N3OS. The maximum Gasteiger partial charge on any atom is 0.169 e. The summed E-state index contributed by atoms with van der Waals surface area (Å²) in [5.74, 6) is 4.17. The third-order valence-electron chi connectivity index (χ3n) is 7.71. The smallest absolute Gasteiger partial charge is 0.169 e. The average Bonchev–Trinajstić information content (AvgIpc) is 3.13. The molecule has 0 amide bonds. The summed E-state index contributed by atoms with van der Waals surface area (Å²) in [4.78, 5) is 5.23. The van der Waals surface area contributed by atoms with Crippen molar-refractivity contribution in [3.05, 3.63) is 0 Å². The van der Waals surface area contributed by atoms with E-state index in [4.69, 9.17) is 17.0 Å². The number of thiocarbonyl (C=S) groups is 1. The van der Waals surface area contributed by atoms with Crippen molar-refractivity contribution in [3.8, 4) is 0 Å². The number of nitrogens with one attached hydrogen (secondary N) is 1. The fourth-order valence-corrected chi connectivity index (χ4v) is 7.10. The number of hydrogen-bond acceptors (Lipinski definition) is 3. The highest BCUT2D eigenvalue weighted by Gasteiger charge is 2.50. The molecule has 4 aliphatic carbocycles. The summed E-state index contributed by atoms with van der Waals surface area (Å²) < 4.78 is 5.69. The molecule has 0 aromatic rings. The number of nitrogens with zero attached hydrogens (tertiary/aromatic N) is 2. The molecule has 6 aliphatic rings. The zero-order valence-electron chi connectivity index (χ0n) is 15.4. The molecule has 2 saturated heterocycles. The normalized spacial score (nSPS) is 43.6. The Balaban J connectivity index is 1.12. The molecule has 4 saturated carbocycles. The van der Waals surface area contributed by atoms with Crippen LogP contribution in [-0.4, -0.2) is 66.4 Å². The first-order chi connectivity index (χ1) is 12.3. The maximum atomic E-state index is 5.69. The van der Waals surface area contributed by atoms with Crippen LogP contribution in [0.15, 0.2) is 0 Å². The zero-order valence-corrected chi connectivity index (χ0v) is 16.2. The fraction of sp³-hybridized carbons (Fsp3) is 0.950. The second-order valence-electron chi connectivity index (χ2n) is 9.27. The highest BCUT2D eigenvalue weighted by atomic mass is 32.1. The van der Waals surface area contributed by atoms with E-state index in [1.165, 1.54) is 51.6 Å². The molecule has 2 aliphatic heterocycles. The molecule has 0 aromatic carbocycles. The molecule has 0 aromatic heterocycles. The molecular weight excluding hydrogens is 330 g/mol. The minimum atomic E-state index is 0.368. The van der Waals surface area contributed by atoms with Crippen LogP contribution in [0.4, 0.5) is 0 Å². The van der Waals surface area contributed by atoms with Crippen LogP contribution in [0.1, 0.15) is 44.9 Å². The van der Waals surface area contributed by atoms with Crippen LogP contribution in [0.3, 0.4) is 0 Å². The van der Waals surface area contributed by atoms with Gasteiger partial charge in [-0.3, -0.25) is 4.90 Å².